The number of β-amino-alcohol motifs (C(OH)–C–C–N with tert-alkyl or cyclic N) is 1. The predicted octanol–water partition coefficient (Wildman–Crippen LogP) is 2.82. The van der Waals surface area contributed by atoms with Crippen molar-refractivity contribution in [2.45, 2.75) is 6.10 Å². The van der Waals surface area contributed by atoms with Crippen LogP contribution in [0.3, 0.4) is 0 Å². The Kier molecular flexibility index (Phi) is 4.39. The molecule has 0 amide bonds. The average Bonchev–Trinajstić information content (AvgIpc) is 2.55. The minimum absolute atomic E-state index is 0.324. The molecular formula is C18H21FN2O2. The molecular weight excluding hydrogens is 295 g/mol. The average molecular weight is 316 g/mol. The molecule has 122 valence electrons. The molecule has 2 aromatic rings. The van der Waals surface area contributed by atoms with Gasteiger partial charge in [-0.2, -0.15) is 0 Å². The van der Waals surface area contributed by atoms with E-state index in [-0.39, 0.29) is 5.82 Å². The van der Waals surface area contributed by atoms with Gasteiger partial charge in [0.15, 0.2) is 0 Å². The summed E-state index contributed by atoms with van der Waals surface area (Å²) >= 11 is 0. The molecule has 1 aliphatic heterocycles. The zero-order chi connectivity index (χ0) is 16.4. The number of nitrogens with zero attached hydrogens (tertiary/aromatic N) is 2. The number of ether oxygens (including phenoxy) is 1. The Balaban J connectivity index is 1.82. The van der Waals surface area contributed by atoms with Crippen LogP contribution in [0.2, 0.25) is 0 Å². The lowest BCUT2D eigenvalue weighted by atomic mass is 10.1. The summed E-state index contributed by atoms with van der Waals surface area (Å²) in [5.74, 6) is 0.416. The Bertz CT molecular complexity index is 690. The van der Waals surface area contributed by atoms with Gasteiger partial charge in [0.1, 0.15) is 18.2 Å². The summed E-state index contributed by atoms with van der Waals surface area (Å²) < 4.78 is 19.6. The molecule has 0 saturated heterocycles. The van der Waals surface area contributed by atoms with E-state index in [1.807, 2.05) is 42.1 Å². The standard InChI is InChI=1S/C18H21FN2O2/c1-20(2)13-7-8-16-18(11-13)23-10-9-21(16)12-17(22)14-5-3-4-6-15(14)19/h3-8,11,17,22H,9-10,12H2,1-2H3. The first kappa shape index (κ1) is 15.6. The van der Waals surface area contributed by atoms with Gasteiger partial charge in [-0.15, -0.1) is 0 Å². The van der Waals surface area contributed by atoms with Gasteiger partial charge in [0.05, 0.1) is 18.3 Å². The maximum atomic E-state index is 13.8. The second-order valence-corrected chi connectivity index (χ2v) is 5.88. The topological polar surface area (TPSA) is 35.9 Å². The Labute approximate surface area is 135 Å². The minimum Gasteiger partial charge on any atom is -0.489 e. The summed E-state index contributed by atoms with van der Waals surface area (Å²) in [4.78, 5) is 4.05. The van der Waals surface area contributed by atoms with E-state index in [1.54, 1.807) is 18.2 Å². The second kappa shape index (κ2) is 6.46. The Morgan fingerprint density at radius 2 is 2.04 bits per heavy atom. The van der Waals surface area contributed by atoms with Gasteiger partial charge < -0.3 is 19.6 Å². The number of aliphatic hydroxyl groups excluding tert-OH is 1. The number of benzene rings is 2. The van der Waals surface area contributed by atoms with Crippen molar-refractivity contribution >= 4 is 11.4 Å². The number of anilines is 2. The summed E-state index contributed by atoms with van der Waals surface area (Å²) in [6.45, 7) is 1.55. The molecule has 1 N–H and O–H groups in total. The van der Waals surface area contributed by atoms with Gasteiger partial charge in [0.2, 0.25) is 0 Å². The number of fused-ring (bicyclic) bond motifs is 1. The highest BCUT2D eigenvalue weighted by molar-refractivity contribution is 5.66. The molecule has 1 atom stereocenters. The lowest BCUT2D eigenvalue weighted by Gasteiger charge is -2.33. The van der Waals surface area contributed by atoms with Crippen LogP contribution in [-0.2, 0) is 0 Å². The third-order valence-corrected chi connectivity index (χ3v) is 4.08. The third kappa shape index (κ3) is 3.24. The van der Waals surface area contributed by atoms with Crippen molar-refractivity contribution in [1.29, 1.82) is 0 Å². The quantitative estimate of drug-likeness (QED) is 0.941. The van der Waals surface area contributed by atoms with Gasteiger partial charge in [0, 0.05) is 38.0 Å². The monoisotopic (exact) mass is 316 g/mol. The largest absolute Gasteiger partial charge is 0.489 e. The van der Waals surface area contributed by atoms with Crippen molar-refractivity contribution < 1.29 is 14.2 Å². The summed E-state index contributed by atoms with van der Waals surface area (Å²) in [7, 11) is 3.95. The van der Waals surface area contributed by atoms with E-state index >= 15 is 0 Å². The predicted molar refractivity (Wildman–Crippen MR) is 89.8 cm³/mol. The Hall–Kier alpha value is -2.27. The molecule has 0 fully saturated rings. The van der Waals surface area contributed by atoms with Crippen LogP contribution in [0.25, 0.3) is 0 Å². The second-order valence-electron chi connectivity index (χ2n) is 5.88. The fraction of sp³-hybridized carbons (Fsp3) is 0.333. The lowest BCUT2D eigenvalue weighted by molar-refractivity contribution is 0.174. The van der Waals surface area contributed by atoms with Crippen LogP contribution in [0.1, 0.15) is 11.7 Å². The molecule has 1 unspecified atom stereocenters. The van der Waals surface area contributed by atoms with Crippen LogP contribution in [0.4, 0.5) is 15.8 Å². The molecule has 23 heavy (non-hydrogen) atoms. The van der Waals surface area contributed by atoms with Crippen LogP contribution >= 0.6 is 0 Å². The molecule has 5 heteroatoms. The number of rotatable bonds is 4. The summed E-state index contributed by atoms with van der Waals surface area (Å²) in [6.07, 6.45) is -0.879. The number of aliphatic hydroxyl groups is 1. The van der Waals surface area contributed by atoms with E-state index in [0.29, 0.717) is 25.3 Å². The molecule has 0 bridgehead atoms. The maximum Gasteiger partial charge on any atom is 0.144 e. The van der Waals surface area contributed by atoms with Crippen LogP contribution in [0.15, 0.2) is 42.5 Å². The van der Waals surface area contributed by atoms with Crippen LogP contribution in [0.5, 0.6) is 5.75 Å². The molecule has 0 aromatic heterocycles. The smallest absolute Gasteiger partial charge is 0.144 e. The maximum absolute atomic E-state index is 13.8. The van der Waals surface area contributed by atoms with E-state index in [4.69, 9.17) is 4.74 Å². The fourth-order valence-electron chi connectivity index (χ4n) is 2.79. The van der Waals surface area contributed by atoms with E-state index in [0.717, 1.165) is 17.1 Å². The normalized spacial score (nSPS) is 14.9. The molecule has 1 aliphatic rings. The number of hydrogen-bond acceptors (Lipinski definition) is 4. The van der Waals surface area contributed by atoms with E-state index in [2.05, 4.69) is 0 Å². The van der Waals surface area contributed by atoms with Crippen LogP contribution < -0.4 is 14.5 Å². The van der Waals surface area contributed by atoms with Crippen molar-refractivity contribution in [3.63, 3.8) is 0 Å². The summed E-state index contributed by atoms with van der Waals surface area (Å²) in [6, 6.07) is 12.3. The molecule has 0 saturated carbocycles. The Morgan fingerprint density at radius 3 is 2.78 bits per heavy atom. The zero-order valence-electron chi connectivity index (χ0n) is 13.4. The molecule has 1 heterocycles. The van der Waals surface area contributed by atoms with Crippen molar-refractivity contribution in [3.8, 4) is 5.75 Å². The first-order valence-electron chi connectivity index (χ1n) is 7.68. The van der Waals surface area contributed by atoms with Crippen molar-refractivity contribution in [1.82, 2.24) is 0 Å². The SMILES string of the molecule is CN(C)c1ccc2c(c1)OCCN2CC(O)c1ccccc1F. The molecule has 2 aromatic carbocycles. The first-order valence-corrected chi connectivity index (χ1v) is 7.68. The molecule has 3 rings (SSSR count). The zero-order valence-corrected chi connectivity index (χ0v) is 13.4. The van der Waals surface area contributed by atoms with E-state index in [1.165, 1.54) is 6.07 Å². The number of hydrogen-bond donors (Lipinski definition) is 1. The number of halogens is 1. The van der Waals surface area contributed by atoms with Crippen LogP contribution in [0, 0.1) is 5.82 Å². The molecule has 0 radical (unpaired) electrons. The van der Waals surface area contributed by atoms with E-state index < -0.39 is 6.10 Å². The third-order valence-electron chi connectivity index (χ3n) is 4.08. The van der Waals surface area contributed by atoms with Gasteiger partial charge in [-0.1, -0.05) is 18.2 Å². The summed E-state index contributed by atoms with van der Waals surface area (Å²) in [5, 5.41) is 10.4. The van der Waals surface area contributed by atoms with Gasteiger partial charge in [-0.3, -0.25) is 0 Å². The van der Waals surface area contributed by atoms with Crippen LogP contribution in [-0.4, -0.2) is 38.9 Å². The lowest BCUT2D eigenvalue weighted by Crippen LogP contribution is -2.36. The highest BCUT2D eigenvalue weighted by Gasteiger charge is 2.23. The van der Waals surface area contributed by atoms with Gasteiger partial charge >= 0.3 is 0 Å². The minimum atomic E-state index is -0.879. The first-order chi connectivity index (χ1) is 11.1. The fourth-order valence-corrected chi connectivity index (χ4v) is 2.79. The van der Waals surface area contributed by atoms with Crippen molar-refractivity contribution in [2.75, 3.05) is 43.6 Å². The van der Waals surface area contributed by atoms with Gasteiger partial charge in [0.25, 0.3) is 0 Å². The molecule has 0 aliphatic carbocycles. The highest BCUT2D eigenvalue weighted by atomic mass is 19.1. The Morgan fingerprint density at radius 1 is 1.26 bits per heavy atom. The summed E-state index contributed by atoms with van der Waals surface area (Å²) in [5.41, 5.74) is 2.31. The van der Waals surface area contributed by atoms with Gasteiger partial charge in [-0.05, 0) is 18.2 Å². The van der Waals surface area contributed by atoms with Crippen molar-refractivity contribution in [2.24, 2.45) is 0 Å². The van der Waals surface area contributed by atoms with E-state index in [9.17, 15) is 9.50 Å². The van der Waals surface area contributed by atoms with Crippen molar-refractivity contribution in [3.05, 3.63) is 53.8 Å². The van der Waals surface area contributed by atoms with Gasteiger partial charge in [-0.25, -0.2) is 4.39 Å². The highest BCUT2D eigenvalue weighted by Crippen LogP contribution is 2.35. The molecule has 4 nitrogen and oxygen atoms in total. The molecule has 0 spiro atoms.